The summed E-state index contributed by atoms with van der Waals surface area (Å²) in [4.78, 5) is 0. The van der Waals surface area contributed by atoms with E-state index in [-0.39, 0.29) is 12.3 Å². The van der Waals surface area contributed by atoms with Gasteiger partial charge in [-0.15, -0.1) is 0 Å². The zero-order valence-corrected chi connectivity index (χ0v) is 12.3. The van der Waals surface area contributed by atoms with E-state index in [1.807, 2.05) is 6.92 Å². The second kappa shape index (κ2) is 8.28. The standard InChI is InChI=1S/C13H20F2N2O2S/c1-2-6-16-7-3-8-20(18,19)17-10-11-4-5-12(14)13(15)9-11/h4-5,9,16-17H,2-3,6-8,10H2,1H3. The molecular weight excluding hydrogens is 286 g/mol. The molecule has 2 N–H and O–H groups in total. The SMILES string of the molecule is CCCNCCCS(=O)(=O)NCc1ccc(F)c(F)c1. The molecule has 0 saturated carbocycles. The van der Waals surface area contributed by atoms with Gasteiger partial charge < -0.3 is 5.32 Å². The summed E-state index contributed by atoms with van der Waals surface area (Å²) in [5.74, 6) is -1.92. The van der Waals surface area contributed by atoms with Crippen molar-refractivity contribution in [2.45, 2.75) is 26.3 Å². The van der Waals surface area contributed by atoms with E-state index in [0.29, 0.717) is 18.5 Å². The van der Waals surface area contributed by atoms with Gasteiger partial charge in [-0.05, 0) is 43.6 Å². The molecule has 0 unspecified atom stereocenters. The maximum atomic E-state index is 13.0. The number of hydrogen-bond acceptors (Lipinski definition) is 3. The molecular formula is C13H20F2N2O2S. The minimum Gasteiger partial charge on any atom is -0.317 e. The highest BCUT2D eigenvalue weighted by atomic mass is 32.2. The minimum absolute atomic E-state index is 0.00733. The van der Waals surface area contributed by atoms with E-state index in [9.17, 15) is 17.2 Å². The first-order valence-corrected chi connectivity index (χ1v) is 8.22. The van der Waals surface area contributed by atoms with Crippen molar-refractivity contribution in [3.8, 4) is 0 Å². The lowest BCUT2D eigenvalue weighted by Crippen LogP contribution is -2.28. The van der Waals surface area contributed by atoms with Gasteiger partial charge in [0.05, 0.1) is 5.75 Å². The van der Waals surface area contributed by atoms with E-state index in [0.717, 1.165) is 25.1 Å². The van der Waals surface area contributed by atoms with Gasteiger partial charge in [0, 0.05) is 6.54 Å². The lowest BCUT2D eigenvalue weighted by Gasteiger charge is -2.07. The quantitative estimate of drug-likeness (QED) is 0.684. The van der Waals surface area contributed by atoms with Crippen molar-refractivity contribution in [1.29, 1.82) is 0 Å². The van der Waals surface area contributed by atoms with Crippen molar-refractivity contribution in [1.82, 2.24) is 10.0 Å². The maximum absolute atomic E-state index is 13.0. The van der Waals surface area contributed by atoms with Gasteiger partial charge in [0.1, 0.15) is 0 Å². The first-order chi connectivity index (χ1) is 9.44. The highest BCUT2D eigenvalue weighted by Crippen LogP contribution is 2.08. The van der Waals surface area contributed by atoms with E-state index in [1.54, 1.807) is 0 Å². The van der Waals surface area contributed by atoms with Crippen molar-refractivity contribution in [3.63, 3.8) is 0 Å². The Morgan fingerprint density at radius 2 is 1.90 bits per heavy atom. The van der Waals surface area contributed by atoms with E-state index < -0.39 is 21.7 Å². The van der Waals surface area contributed by atoms with Gasteiger partial charge >= 0.3 is 0 Å². The molecule has 0 fully saturated rings. The van der Waals surface area contributed by atoms with Crippen LogP contribution in [-0.2, 0) is 16.6 Å². The Labute approximate surface area is 118 Å². The zero-order chi connectivity index (χ0) is 15.0. The van der Waals surface area contributed by atoms with Gasteiger partial charge in [-0.1, -0.05) is 13.0 Å². The van der Waals surface area contributed by atoms with Crippen molar-refractivity contribution < 1.29 is 17.2 Å². The van der Waals surface area contributed by atoms with Crippen LogP contribution in [0.25, 0.3) is 0 Å². The molecule has 0 aliphatic rings. The van der Waals surface area contributed by atoms with Crippen LogP contribution in [0.2, 0.25) is 0 Å². The molecule has 0 spiro atoms. The number of rotatable bonds is 9. The van der Waals surface area contributed by atoms with Crippen molar-refractivity contribution in [3.05, 3.63) is 35.4 Å². The summed E-state index contributed by atoms with van der Waals surface area (Å²) in [5.41, 5.74) is 0.386. The molecule has 114 valence electrons. The van der Waals surface area contributed by atoms with Gasteiger partial charge in [-0.25, -0.2) is 21.9 Å². The Bertz CT molecular complexity index is 521. The number of halogens is 2. The Balaban J connectivity index is 2.37. The molecule has 0 bridgehead atoms. The number of hydrogen-bond donors (Lipinski definition) is 2. The summed E-state index contributed by atoms with van der Waals surface area (Å²) in [7, 11) is -3.40. The van der Waals surface area contributed by atoms with Gasteiger partial charge in [-0.2, -0.15) is 0 Å². The molecule has 1 aromatic rings. The van der Waals surface area contributed by atoms with Crippen LogP contribution < -0.4 is 10.0 Å². The predicted octanol–water partition coefficient (Wildman–Crippen LogP) is 1.77. The fraction of sp³-hybridized carbons (Fsp3) is 0.538. The molecule has 0 aromatic heterocycles. The number of nitrogens with one attached hydrogen (secondary N) is 2. The lowest BCUT2D eigenvalue weighted by molar-refractivity contribution is 0.506. The van der Waals surface area contributed by atoms with E-state index in [2.05, 4.69) is 10.0 Å². The van der Waals surface area contributed by atoms with Crippen molar-refractivity contribution >= 4 is 10.0 Å². The van der Waals surface area contributed by atoms with Crippen molar-refractivity contribution in [2.75, 3.05) is 18.8 Å². The summed E-state index contributed by atoms with van der Waals surface area (Å²) in [6, 6.07) is 3.32. The number of sulfonamides is 1. The minimum atomic E-state index is -3.40. The third kappa shape index (κ3) is 6.40. The van der Waals surface area contributed by atoms with Gasteiger partial charge in [0.2, 0.25) is 10.0 Å². The molecule has 20 heavy (non-hydrogen) atoms. The summed E-state index contributed by atoms with van der Waals surface area (Å²) < 4.78 is 51.4. The molecule has 1 aromatic carbocycles. The van der Waals surface area contributed by atoms with Gasteiger partial charge in [0.15, 0.2) is 11.6 Å². The van der Waals surface area contributed by atoms with Crippen LogP contribution in [0.3, 0.4) is 0 Å². The Morgan fingerprint density at radius 3 is 2.55 bits per heavy atom. The van der Waals surface area contributed by atoms with E-state index in [1.165, 1.54) is 6.07 Å². The van der Waals surface area contributed by atoms with Gasteiger partial charge in [-0.3, -0.25) is 0 Å². The van der Waals surface area contributed by atoms with Crippen molar-refractivity contribution in [2.24, 2.45) is 0 Å². The van der Waals surface area contributed by atoms with Crippen LogP contribution >= 0.6 is 0 Å². The maximum Gasteiger partial charge on any atom is 0.211 e. The third-order valence-electron chi connectivity index (χ3n) is 2.67. The van der Waals surface area contributed by atoms with E-state index in [4.69, 9.17) is 0 Å². The van der Waals surface area contributed by atoms with Gasteiger partial charge in [0.25, 0.3) is 0 Å². The van der Waals surface area contributed by atoms with Crippen LogP contribution in [0.1, 0.15) is 25.3 Å². The highest BCUT2D eigenvalue weighted by molar-refractivity contribution is 7.89. The second-order valence-electron chi connectivity index (χ2n) is 4.49. The summed E-state index contributed by atoms with van der Waals surface area (Å²) in [6.45, 7) is 3.50. The Hall–Kier alpha value is -1.05. The molecule has 0 aliphatic carbocycles. The Kier molecular flexibility index (Phi) is 7.04. The fourth-order valence-corrected chi connectivity index (χ4v) is 2.66. The molecule has 0 saturated heterocycles. The fourth-order valence-electron chi connectivity index (χ4n) is 1.60. The highest BCUT2D eigenvalue weighted by Gasteiger charge is 2.10. The normalized spacial score (nSPS) is 11.8. The number of benzene rings is 1. The van der Waals surface area contributed by atoms with E-state index >= 15 is 0 Å². The first kappa shape index (κ1) is 17.0. The Morgan fingerprint density at radius 1 is 1.15 bits per heavy atom. The van der Waals surface area contributed by atoms with Crippen LogP contribution in [0, 0.1) is 11.6 Å². The smallest absolute Gasteiger partial charge is 0.211 e. The molecule has 0 heterocycles. The molecule has 0 amide bonds. The summed E-state index contributed by atoms with van der Waals surface area (Å²) in [5, 5.41) is 3.11. The average molecular weight is 306 g/mol. The molecule has 0 radical (unpaired) electrons. The van der Waals surface area contributed by atoms with Crippen LogP contribution in [0.15, 0.2) is 18.2 Å². The average Bonchev–Trinajstić information content (AvgIpc) is 2.40. The lowest BCUT2D eigenvalue weighted by atomic mass is 10.2. The topological polar surface area (TPSA) is 58.2 Å². The molecule has 1 rings (SSSR count). The molecule has 0 aliphatic heterocycles. The monoisotopic (exact) mass is 306 g/mol. The molecule has 0 atom stereocenters. The summed E-state index contributed by atoms with van der Waals surface area (Å²) >= 11 is 0. The largest absolute Gasteiger partial charge is 0.317 e. The first-order valence-electron chi connectivity index (χ1n) is 6.56. The van der Waals surface area contributed by atoms with Crippen LogP contribution in [0.4, 0.5) is 8.78 Å². The zero-order valence-electron chi connectivity index (χ0n) is 11.5. The third-order valence-corrected chi connectivity index (χ3v) is 4.08. The predicted molar refractivity (Wildman–Crippen MR) is 74.8 cm³/mol. The van der Waals surface area contributed by atoms with Crippen LogP contribution in [0.5, 0.6) is 0 Å². The molecule has 7 heteroatoms. The molecule has 4 nitrogen and oxygen atoms in total. The summed E-state index contributed by atoms with van der Waals surface area (Å²) in [6.07, 6.45) is 1.51. The van der Waals surface area contributed by atoms with Crippen LogP contribution in [-0.4, -0.2) is 27.3 Å². The second-order valence-corrected chi connectivity index (χ2v) is 6.42.